The topological polar surface area (TPSA) is 48.7 Å². The fraction of sp³-hybridized carbons (Fsp3) is 0.826. The number of nitrogens with one attached hydrogen (secondary N) is 1. The van der Waals surface area contributed by atoms with Gasteiger partial charge in [-0.25, -0.2) is 0 Å². The number of likely N-dealkylation sites (tertiary alicyclic amines) is 1. The van der Waals surface area contributed by atoms with Gasteiger partial charge in [-0.05, 0) is 44.1 Å². The number of guanidine groups is 1. The van der Waals surface area contributed by atoms with Crippen molar-refractivity contribution in [3.8, 4) is 0 Å². The van der Waals surface area contributed by atoms with Crippen molar-refractivity contribution in [2.24, 2.45) is 18.0 Å². The first-order valence-corrected chi connectivity index (χ1v) is 13.2. The largest absolute Gasteiger partial charge is 0.357 e. The lowest BCUT2D eigenvalue weighted by Gasteiger charge is -2.47. The van der Waals surface area contributed by atoms with Crippen molar-refractivity contribution >= 4 is 17.7 Å². The summed E-state index contributed by atoms with van der Waals surface area (Å²) in [4.78, 5) is 10.6. The number of aromatic nitrogens is 2. The maximum absolute atomic E-state index is 5.28. The Kier molecular flexibility index (Phi) is 7.63. The Labute approximate surface area is 186 Å². The highest BCUT2D eigenvalue weighted by molar-refractivity contribution is 7.99. The van der Waals surface area contributed by atoms with Crippen molar-refractivity contribution in [3.05, 3.63) is 18.0 Å². The molecule has 1 saturated carbocycles. The normalized spacial score (nSPS) is 25.6. The predicted molar refractivity (Wildman–Crippen MR) is 127 cm³/mol. The molecule has 0 bridgehead atoms. The molecule has 0 spiro atoms. The van der Waals surface area contributed by atoms with Gasteiger partial charge in [0.05, 0.1) is 12.7 Å². The second kappa shape index (κ2) is 10.4. The van der Waals surface area contributed by atoms with E-state index in [-0.39, 0.29) is 0 Å². The summed E-state index contributed by atoms with van der Waals surface area (Å²) in [6.07, 6.45) is 13.3. The molecule has 1 aromatic rings. The molecule has 1 unspecified atom stereocenters. The van der Waals surface area contributed by atoms with Crippen LogP contribution in [0.1, 0.15) is 51.0 Å². The van der Waals surface area contributed by atoms with Crippen LogP contribution in [-0.2, 0) is 13.5 Å². The zero-order chi connectivity index (χ0) is 20.8. The summed E-state index contributed by atoms with van der Waals surface area (Å²) in [5, 5.41) is 7.95. The van der Waals surface area contributed by atoms with E-state index in [2.05, 4.69) is 45.1 Å². The molecule has 2 aliphatic heterocycles. The van der Waals surface area contributed by atoms with Crippen LogP contribution in [0.15, 0.2) is 17.4 Å². The Morgan fingerprint density at radius 1 is 1.23 bits per heavy atom. The van der Waals surface area contributed by atoms with Gasteiger partial charge in [-0.3, -0.25) is 14.6 Å². The summed E-state index contributed by atoms with van der Waals surface area (Å²) >= 11 is 2.11. The average Bonchev–Trinajstić information content (AvgIpc) is 3.41. The number of hydrogen-bond donors (Lipinski definition) is 1. The van der Waals surface area contributed by atoms with Crippen molar-refractivity contribution in [2.75, 3.05) is 50.8 Å². The van der Waals surface area contributed by atoms with Gasteiger partial charge in [-0.15, -0.1) is 0 Å². The molecule has 0 aromatic carbocycles. The number of hydrogen-bond acceptors (Lipinski definition) is 4. The van der Waals surface area contributed by atoms with Gasteiger partial charge in [0, 0.05) is 63.0 Å². The van der Waals surface area contributed by atoms with Gasteiger partial charge in [0.2, 0.25) is 0 Å². The van der Waals surface area contributed by atoms with Crippen LogP contribution < -0.4 is 5.32 Å². The van der Waals surface area contributed by atoms with E-state index in [0.717, 1.165) is 38.6 Å². The summed E-state index contributed by atoms with van der Waals surface area (Å²) in [5.74, 6) is 4.41. The maximum atomic E-state index is 5.28. The Morgan fingerprint density at radius 2 is 2.03 bits per heavy atom. The zero-order valence-corrected chi connectivity index (χ0v) is 19.8. The molecule has 7 heteroatoms. The molecule has 1 aliphatic carbocycles. The fourth-order valence-corrected chi connectivity index (χ4v) is 6.48. The minimum atomic E-state index is 0.300. The molecule has 168 valence electrons. The SMILES string of the molecule is CCNC(=NCC1(N2CCSCC2)CCCCC1)N1CCC(Cc2cnn(C)c2)C1. The van der Waals surface area contributed by atoms with E-state index in [0.29, 0.717) is 11.5 Å². The van der Waals surface area contributed by atoms with Crippen molar-refractivity contribution in [3.63, 3.8) is 0 Å². The smallest absolute Gasteiger partial charge is 0.193 e. The van der Waals surface area contributed by atoms with Crippen LogP contribution in [0.3, 0.4) is 0 Å². The minimum Gasteiger partial charge on any atom is -0.357 e. The first-order chi connectivity index (χ1) is 14.7. The molecule has 3 heterocycles. The van der Waals surface area contributed by atoms with E-state index in [4.69, 9.17) is 4.99 Å². The van der Waals surface area contributed by atoms with E-state index in [1.165, 1.54) is 68.7 Å². The Morgan fingerprint density at radius 3 is 2.73 bits per heavy atom. The first-order valence-electron chi connectivity index (χ1n) is 12.0. The molecule has 6 nitrogen and oxygen atoms in total. The van der Waals surface area contributed by atoms with E-state index < -0.39 is 0 Å². The number of aliphatic imine (C=N–C) groups is 1. The third-order valence-electron chi connectivity index (χ3n) is 7.19. The van der Waals surface area contributed by atoms with Crippen LogP contribution in [0.2, 0.25) is 0 Å². The lowest BCUT2D eigenvalue weighted by atomic mass is 9.80. The van der Waals surface area contributed by atoms with Gasteiger partial charge in [0.25, 0.3) is 0 Å². The van der Waals surface area contributed by atoms with Crippen LogP contribution in [0, 0.1) is 5.92 Å². The molecule has 2 saturated heterocycles. The monoisotopic (exact) mass is 432 g/mol. The van der Waals surface area contributed by atoms with Crippen LogP contribution in [-0.4, -0.2) is 81.9 Å². The molecule has 0 radical (unpaired) electrons. The third-order valence-corrected chi connectivity index (χ3v) is 8.13. The second-order valence-corrected chi connectivity index (χ2v) is 10.6. The van der Waals surface area contributed by atoms with Crippen molar-refractivity contribution in [1.29, 1.82) is 0 Å². The number of aryl methyl sites for hydroxylation is 1. The highest BCUT2D eigenvalue weighted by Gasteiger charge is 2.38. The number of rotatable bonds is 6. The van der Waals surface area contributed by atoms with Crippen LogP contribution in [0.5, 0.6) is 0 Å². The maximum Gasteiger partial charge on any atom is 0.193 e. The van der Waals surface area contributed by atoms with E-state index in [1.807, 2.05) is 17.9 Å². The van der Waals surface area contributed by atoms with E-state index >= 15 is 0 Å². The Hall–Kier alpha value is -1.21. The van der Waals surface area contributed by atoms with E-state index in [1.54, 1.807) is 0 Å². The third kappa shape index (κ3) is 5.34. The molecule has 0 amide bonds. The Bertz CT molecular complexity index is 690. The zero-order valence-electron chi connectivity index (χ0n) is 19.0. The molecular weight excluding hydrogens is 392 g/mol. The molecule has 3 fully saturated rings. The van der Waals surface area contributed by atoms with Gasteiger partial charge in [-0.2, -0.15) is 16.9 Å². The molecule has 1 N–H and O–H groups in total. The van der Waals surface area contributed by atoms with Crippen molar-refractivity contribution in [2.45, 2.75) is 57.4 Å². The van der Waals surface area contributed by atoms with Crippen molar-refractivity contribution < 1.29 is 0 Å². The molecule has 4 rings (SSSR count). The summed E-state index contributed by atoms with van der Waals surface area (Å²) < 4.78 is 1.91. The molecule has 3 aliphatic rings. The Balaban J connectivity index is 1.42. The van der Waals surface area contributed by atoms with Gasteiger partial charge in [0.1, 0.15) is 0 Å². The summed E-state index contributed by atoms with van der Waals surface area (Å²) in [6, 6.07) is 0. The summed E-state index contributed by atoms with van der Waals surface area (Å²) in [7, 11) is 2.00. The average molecular weight is 433 g/mol. The molecule has 1 aromatic heterocycles. The minimum absolute atomic E-state index is 0.300. The lowest BCUT2D eigenvalue weighted by molar-refractivity contribution is 0.0670. The molecule has 1 atom stereocenters. The van der Waals surface area contributed by atoms with Crippen molar-refractivity contribution in [1.82, 2.24) is 24.9 Å². The highest BCUT2D eigenvalue weighted by Crippen LogP contribution is 2.35. The van der Waals surface area contributed by atoms with Gasteiger partial charge < -0.3 is 10.2 Å². The first kappa shape index (κ1) is 22.0. The van der Waals surface area contributed by atoms with Crippen LogP contribution >= 0.6 is 11.8 Å². The van der Waals surface area contributed by atoms with Crippen LogP contribution in [0.4, 0.5) is 0 Å². The number of thioether (sulfide) groups is 1. The standard InChI is InChI=1S/C23H40N6S/c1-3-24-22(28-10-7-20(18-28)15-21-16-26-27(2)17-21)25-19-23(8-5-4-6-9-23)29-11-13-30-14-12-29/h16-17,20H,3-15,18-19H2,1-2H3,(H,24,25). The van der Waals surface area contributed by atoms with Gasteiger partial charge in [0.15, 0.2) is 5.96 Å². The molecular formula is C23H40N6S. The second-order valence-electron chi connectivity index (χ2n) is 9.38. The highest BCUT2D eigenvalue weighted by atomic mass is 32.2. The molecule has 30 heavy (non-hydrogen) atoms. The van der Waals surface area contributed by atoms with Gasteiger partial charge >= 0.3 is 0 Å². The quantitative estimate of drug-likeness (QED) is 0.553. The predicted octanol–water partition coefficient (Wildman–Crippen LogP) is 3.00. The van der Waals surface area contributed by atoms with Crippen LogP contribution in [0.25, 0.3) is 0 Å². The van der Waals surface area contributed by atoms with E-state index in [9.17, 15) is 0 Å². The van der Waals surface area contributed by atoms with Gasteiger partial charge in [-0.1, -0.05) is 19.3 Å². The summed E-state index contributed by atoms with van der Waals surface area (Å²) in [6.45, 7) is 8.80. The summed E-state index contributed by atoms with van der Waals surface area (Å²) in [5.41, 5.74) is 1.66. The fourth-order valence-electron chi connectivity index (χ4n) is 5.57. The number of nitrogens with zero attached hydrogens (tertiary/aromatic N) is 5. The lowest BCUT2D eigenvalue weighted by Crippen LogP contribution is -2.55.